The van der Waals surface area contributed by atoms with E-state index < -0.39 is 10.0 Å². The first-order valence-corrected chi connectivity index (χ1v) is 7.66. The van der Waals surface area contributed by atoms with E-state index in [0.29, 0.717) is 23.6 Å². The Hall–Kier alpha value is -1.27. The molecule has 0 aliphatic carbocycles. The van der Waals surface area contributed by atoms with E-state index in [2.05, 4.69) is 4.72 Å². The summed E-state index contributed by atoms with van der Waals surface area (Å²) in [5, 5.41) is 0. The number of aryl methyl sites for hydroxylation is 1. The molecule has 0 aliphatic heterocycles. The summed E-state index contributed by atoms with van der Waals surface area (Å²) in [6, 6.07) is 3.15. The molecule has 1 N–H and O–H groups in total. The van der Waals surface area contributed by atoms with Crippen molar-refractivity contribution in [2.24, 2.45) is 0 Å². The Balaban J connectivity index is 3.12. The summed E-state index contributed by atoms with van der Waals surface area (Å²) in [5.41, 5.74) is 0.627. The standard InChI is InChI=1S/C13H21NO4S/c1-5-6-7-14-19(15,16)13-9-12(18-4)11(17-3)8-10(13)2/h8-9,14H,5-7H2,1-4H3. The molecule has 19 heavy (non-hydrogen) atoms. The highest BCUT2D eigenvalue weighted by molar-refractivity contribution is 7.89. The van der Waals surface area contributed by atoms with Gasteiger partial charge in [-0.2, -0.15) is 0 Å². The SMILES string of the molecule is CCCCNS(=O)(=O)c1cc(OC)c(OC)cc1C. The smallest absolute Gasteiger partial charge is 0.240 e. The third-order valence-corrected chi connectivity index (χ3v) is 4.40. The molecule has 1 aromatic rings. The topological polar surface area (TPSA) is 64.6 Å². The van der Waals surface area contributed by atoms with Crippen LogP contribution in [0.15, 0.2) is 17.0 Å². The van der Waals surface area contributed by atoms with Crippen molar-refractivity contribution in [3.05, 3.63) is 17.7 Å². The zero-order valence-corrected chi connectivity index (χ0v) is 12.6. The number of unbranched alkanes of at least 4 members (excludes halogenated alkanes) is 1. The lowest BCUT2D eigenvalue weighted by Gasteiger charge is -2.13. The molecule has 6 heteroatoms. The molecule has 1 rings (SSSR count). The summed E-state index contributed by atoms with van der Waals surface area (Å²) in [5.74, 6) is 0.927. The molecule has 0 fully saturated rings. The zero-order valence-electron chi connectivity index (χ0n) is 11.8. The molecular weight excluding hydrogens is 266 g/mol. The van der Waals surface area contributed by atoms with Crippen LogP contribution in [0.5, 0.6) is 11.5 Å². The maximum absolute atomic E-state index is 12.2. The van der Waals surface area contributed by atoms with Crippen LogP contribution in [-0.2, 0) is 10.0 Å². The molecule has 0 aliphatic rings. The number of nitrogens with one attached hydrogen (secondary N) is 1. The summed E-state index contributed by atoms with van der Waals surface area (Å²) in [4.78, 5) is 0.223. The van der Waals surface area contributed by atoms with Crippen LogP contribution in [0.4, 0.5) is 0 Å². The zero-order chi connectivity index (χ0) is 14.5. The molecule has 0 atom stereocenters. The van der Waals surface area contributed by atoms with E-state index >= 15 is 0 Å². The molecule has 0 saturated carbocycles. The van der Waals surface area contributed by atoms with E-state index in [4.69, 9.17) is 9.47 Å². The summed E-state index contributed by atoms with van der Waals surface area (Å²) in [6.07, 6.45) is 1.75. The van der Waals surface area contributed by atoms with Gasteiger partial charge in [0, 0.05) is 12.6 Å². The summed E-state index contributed by atoms with van der Waals surface area (Å²) in [6.45, 7) is 4.18. The maximum Gasteiger partial charge on any atom is 0.240 e. The average Bonchev–Trinajstić information content (AvgIpc) is 2.38. The van der Waals surface area contributed by atoms with Gasteiger partial charge < -0.3 is 9.47 Å². The van der Waals surface area contributed by atoms with Crippen molar-refractivity contribution in [2.45, 2.75) is 31.6 Å². The van der Waals surface area contributed by atoms with E-state index in [1.807, 2.05) is 6.92 Å². The van der Waals surface area contributed by atoms with Gasteiger partial charge in [-0.25, -0.2) is 13.1 Å². The first-order chi connectivity index (χ1) is 8.96. The van der Waals surface area contributed by atoms with Gasteiger partial charge in [-0.3, -0.25) is 0 Å². The first kappa shape index (κ1) is 15.8. The lowest BCUT2D eigenvalue weighted by atomic mass is 10.2. The minimum Gasteiger partial charge on any atom is -0.493 e. The Kier molecular flexibility index (Phi) is 5.62. The van der Waals surface area contributed by atoms with Gasteiger partial charge in [-0.1, -0.05) is 13.3 Å². The van der Waals surface area contributed by atoms with Crippen LogP contribution < -0.4 is 14.2 Å². The number of benzene rings is 1. The molecule has 0 spiro atoms. The van der Waals surface area contributed by atoms with Gasteiger partial charge in [-0.05, 0) is 25.0 Å². The Morgan fingerprint density at radius 3 is 2.26 bits per heavy atom. The van der Waals surface area contributed by atoms with Crippen LogP contribution in [0, 0.1) is 6.92 Å². The number of sulfonamides is 1. The fourth-order valence-corrected chi connectivity index (χ4v) is 3.03. The van der Waals surface area contributed by atoms with Gasteiger partial charge in [0.1, 0.15) is 0 Å². The van der Waals surface area contributed by atoms with Crippen molar-refractivity contribution in [1.82, 2.24) is 4.72 Å². The van der Waals surface area contributed by atoms with Crippen molar-refractivity contribution in [2.75, 3.05) is 20.8 Å². The second-order valence-electron chi connectivity index (χ2n) is 4.22. The lowest BCUT2D eigenvalue weighted by molar-refractivity contribution is 0.353. The molecule has 0 amide bonds. The van der Waals surface area contributed by atoms with Crippen molar-refractivity contribution < 1.29 is 17.9 Å². The molecule has 0 bridgehead atoms. The van der Waals surface area contributed by atoms with E-state index in [1.165, 1.54) is 20.3 Å². The van der Waals surface area contributed by atoms with E-state index in [-0.39, 0.29) is 4.90 Å². The Bertz CT molecular complexity index is 526. The van der Waals surface area contributed by atoms with Gasteiger partial charge >= 0.3 is 0 Å². The Morgan fingerprint density at radius 1 is 1.16 bits per heavy atom. The molecule has 0 radical (unpaired) electrons. The highest BCUT2D eigenvalue weighted by Gasteiger charge is 2.19. The van der Waals surface area contributed by atoms with Crippen LogP contribution in [0.2, 0.25) is 0 Å². The molecule has 0 aromatic heterocycles. The largest absolute Gasteiger partial charge is 0.493 e. The average molecular weight is 287 g/mol. The fourth-order valence-electron chi connectivity index (χ4n) is 1.71. The van der Waals surface area contributed by atoms with Gasteiger partial charge in [0.05, 0.1) is 19.1 Å². The lowest BCUT2D eigenvalue weighted by Crippen LogP contribution is -2.25. The molecule has 108 valence electrons. The van der Waals surface area contributed by atoms with Gasteiger partial charge in [0.15, 0.2) is 11.5 Å². The number of ether oxygens (including phenoxy) is 2. The van der Waals surface area contributed by atoms with Crippen molar-refractivity contribution >= 4 is 10.0 Å². The molecule has 1 aromatic carbocycles. The van der Waals surface area contributed by atoms with Crippen molar-refractivity contribution in [1.29, 1.82) is 0 Å². The molecule has 0 unspecified atom stereocenters. The van der Waals surface area contributed by atoms with E-state index in [1.54, 1.807) is 13.0 Å². The van der Waals surface area contributed by atoms with E-state index in [9.17, 15) is 8.42 Å². The predicted molar refractivity (Wildman–Crippen MR) is 74.4 cm³/mol. The van der Waals surface area contributed by atoms with Crippen LogP contribution in [-0.4, -0.2) is 29.2 Å². The third-order valence-electron chi connectivity index (χ3n) is 2.79. The number of rotatable bonds is 7. The van der Waals surface area contributed by atoms with Gasteiger partial charge in [0.2, 0.25) is 10.0 Å². The molecule has 0 saturated heterocycles. The van der Waals surface area contributed by atoms with Crippen LogP contribution in [0.3, 0.4) is 0 Å². The molecule has 0 heterocycles. The minimum atomic E-state index is -3.51. The molecule has 5 nitrogen and oxygen atoms in total. The fraction of sp³-hybridized carbons (Fsp3) is 0.538. The Morgan fingerprint density at radius 2 is 1.74 bits per heavy atom. The van der Waals surface area contributed by atoms with Crippen LogP contribution in [0.1, 0.15) is 25.3 Å². The van der Waals surface area contributed by atoms with Crippen molar-refractivity contribution in [3.63, 3.8) is 0 Å². The van der Waals surface area contributed by atoms with Crippen LogP contribution in [0.25, 0.3) is 0 Å². The highest BCUT2D eigenvalue weighted by atomic mass is 32.2. The molecular formula is C13H21NO4S. The Labute approximate surface area is 115 Å². The number of hydrogen-bond donors (Lipinski definition) is 1. The number of methoxy groups -OCH3 is 2. The van der Waals surface area contributed by atoms with Gasteiger partial charge in [-0.15, -0.1) is 0 Å². The normalized spacial score (nSPS) is 11.4. The van der Waals surface area contributed by atoms with Crippen LogP contribution >= 0.6 is 0 Å². The second-order valence-corrected chi connectivity index (χ2v) is 5.96. The predicted octanol–water partition coefficient (Wildman–Crippen LogP) is 2.09. The first-order valence-electron chi connectivity index (χ1n) is 6.18. The van der Waals surface area contributed by atoms with Gasteiger partial charge in [0.25, 0.3) is 0 Å². The summed E-state index contributed by atoms with van der Waals surface area (Å²) < 4.78 is 37.2. The monoisotopic (exact) mass is 287 g/mol. The number of hydrogen-bond acceptors (Lipinski definition) is 4. The summed E-state index contributed by atoms with van der Waals surface area (Å²) >= 11 is 0. The maximum atomic E-state index is 12.2. The van der Waals surface area contributed by atoms with Crippen molar-refractivity contribution in [3.8, 4) is 11.5 Å². The highest BCUT2D eigenvalue weighted by Crippen LogP contribution is 2.32. The van der Waals surface area contributed by atoms with E-state index in [0.717, 1.165) is 12.8 Å². The minimum absolute atomic E-state index is 0.223. The quantitative estimate of drug-likeness (QED) is 0.780. The summed E-state index contributed by atoms with van der Waals surface area (Å²) in [7, 11) is -0.507. The second kappa shape index (κ2) is 6.77. The third kappa shape index (κ3) is 3.84.